The quantitative estimate of drug-likeness (QED) is 0.814. The second-order valence-corrected chi connectivity index (χ2v) is 3.48. The molecule has 0 heterocycles. The normalized spacial score (nSPS) is 14.8. The lowest BCUT2D eigenvalue weighted by molar-refractivity contribution is -0.139. The molecule has 3 N–H and O–H groups in total. The topological polar surface area (TPSA) is 46.2 Å². The van der Waals surface area contributed by atoms with Crippen LogP contribution in [0.25, 0.3) is 0 Å². The van der Waals surface area contributed by atoms with Gasteiger partial charge in [-0.3, -0.25) is 0 Å². The molecule has 0 amide bonds. The third-order valence-electron chi connectivity index (χ3n) is 2.27. The average Bonchev–Trinajstić information content (AvgIpc) is 2.27. The van der Waals surface area contributed by atoms with E-state index in [4.69, 9.17) is 10.8 Å². The van der Waals surface area contributed by atoms with Crippen molar-refractivity contribution in [1.82, 2.24) is 0 Å². The molecular formula is C10H10F5NO. The molecular weight excluding hydrogens is 245 g/mol. The Morgan fingerprint density at radius 3 is 2.12 bits per heavy atom. The zero-order valence-corrected chi connectivity index (χ0v) is 8.51. The maximum atomic E-state index is 13.1. The first-order chi connectivity index (χ1) is 7.70. The third kappa shape index (κ3) is 2.92. The van der Waals surface area contributed by atoms with E-state index in [1.165, 1.54) is 6.07 Å². The standard InChI is InChI=1S/C10H10F5NO/c11-9(12,5-17)8(16)6-3-1-2-4-7(6)10(13,14)15/h1-4,8,17H,5,16H2/t8-/m1/s1. The van der Waals surface area contributed by atoms with Crippen LogP contribution in [0.3, 0.4) is 0 Å². The molecule has 7 heteroatoms. The molecule has 0 saturated heterocycles. The molecule has 0 spiro atoms. The van der Waals surface area contributed by atoms with E-state index in [0.717, 1.165) is 12.1 Å². The monoisotopic (exact) mass is 255 g/mol. The van der Waals surface area contributed by atoms with Crippen LogP contribution in [0, 0.1) is 0 Å². The lowest BCUT2D eigenvalue weighted by atomic mass is 9.96. The van der Waals surface area contributed by atoms with Crippen molar-refractivity contribution in [3.05, 3.63) is 35.4 Å². The molecule has 1 atom stereocenters. The Kier molecular flexibility index (Phi) is 3.73. The van der Waals surface area contributed by atoms with Gasteiger partial charge in [0.25, 0.3) is 5.92 Å². The van der Waals surface area contributed by atoms with Gasteiger partial charge in [-0.15, -0.1) is 0 Å². The minimum atomic E-state index is -4.76. The van der Waals surface area contributed by atoms with Gasteiger partial charge in [-0.2, -0.15) is 13.2 Å². The van der Waals surface area contributed by atoms with E-state index in [1.54, 1.807) is 0 Å². The van der Waals surface area contributed by atoms with Crippen molar-refractivity contribution in [2.45, 2.75) is 18.1 Å². The fraction of sp³-hybridized carbons (Fsp3) is 0.400. The van der Waals surface area contributed by atoms with Crippen molar-refractivity contribution in [1.29, 1.82) is 0 Å². The van der Waals surface area contributed by atoms with Crippen LogP contribution in [0.1, 0.15) is 17.2 Å². The number of benzene rings is 1. The maximum absolute atomic E-state index is 13.1. The van der Waals surface area contributed by atoms with Gasteiger partial charge in [-0.1, -0.05) is 18.2 Å². The highest BCUT2D eigenvalue weighted by Gasteiger charge is 2.42. The molecule has 1 rings (SSSR count). The highest BCUT2D eigenvalue weighted by Crippen LogP contribution is 2.38. The van der Waals surface area contributed by atoms with Gasteiger partial charge in [0, 0.05) is 0 Å². The Labute approximate surface area is 93.9 Å². The summed E-state index contributed by atoms with van der Waals surface area (Å²) in [6.07, 6.45) is -4.76. The van der Waals surface area contributed by atoms with E-state index >= 15 is 0 Å². The molecule has 96 valence electrons. The van der Waals surface area contributed by atoms with Gasteiger partial charge in [0.15, 0.2) is 0 Å². The van der Waals surface area contributed by atoms with Crippen LogP contribution in [0.4, 0.5) is 22.0 Å². The summed E-state index contributed by atoms with van der Waals surface area (Å²) in [5, 5.41) is 8.41. The highest BCUT2D eigenvalue weighted by molar-refractivity contribution is 5.33. The summed E-state index contributed by atoms with van der Waals surface area (Å²) in [5.74, 6) is -3.80. The predicted octanol–water partition coefficient (Wildman–Crippen LogP) is 2.33. The number of aliphatic hydroxyl groups excluding tert-OH is 1. The number of alkyl halides is 5. The SMILES string of the molecule is N[C@H](c1ccccc1C(F)(F)F)C(F)(F)CO. The van der Waals surface area contributed by atoms with E-state index in [0.29, 0.717) is 6.07 Å². The van der Waals surface area contributed by atoms with E-state index in [9.17, 15) is 22.0 Å². The average molecular weight is 255 g/mol. The van der Waals surface area contributed by atoms with Gasteiger partial charge in [-0.05, 0) is 11.6 Å². The van der Waals surface area contributed by atoms with Gasteiger partial charge in [0.1, 0.15) is 6.61 Å². The van der Waals surface area contributed by atoms with Crippen molar-refractivity contribution < 1.29 is 27.1 Å². The van der Waals surface area contributed by atoms with Crippen molar-refractivity contribution in [2.24, 2.45) is 5.73 Å². The van der Waals surface area contributed by atoms with E-state index < -0.39 is 35.9 Å². The van der Waals surface area contributed by atoms with Gasteiger partial charge in [0.2, 0.25) is 0 Å². The molecule has 0 aliphatic rings. The van der Waals surface area contributed by atoms with Gasteiger partial charge in [-0.25, -0.2) is 8.78 Å². The van der Waals surface area contributed by atoms with E-state index in [2.05, 4.69) is 0 Å². The summed E-state index contributed by atoms with van der Waals surface area (Å²) >= 11 is 0. The molecule has 17 heavy (non-hydrogen) atoms. The van der Waals surface area contributed by atoms with Gasteiger partial charge < -0.3 is 10.8 Å². The number of halogens is 5. The summed E-state index contributed by atoms with van der Waals surface area (Å²) in [5.41, 5.74) is 3.11. The first kappa shape index (κ1) is 13.9. The molecule has 0 unspecified atom stereocenters. The highest BCUT2D eigenvalue weighted by atomic mass is 19.4. The lowest BCUT2D eigenvalue weighted by Gasteiger charge is -2.24. The Hall–Kier alpha value is -1.21. The predicted molar refractivity (Wildman–Crippen MR) is 50.4 cm³/mol. The summed E-state index contributed by atoms with van der Waals surface area (Å²) in [6, 6.07) is 1.60. The van der Waals surface area contributed by atoms with Crippen molar-refractivity contribution >= 4 is 0 Å². The van der Waals surface area contributed by atoms with Crippen LogP contribution < -0.4 is 5.73 Å². The Bertz CT molecular complexity index is 391. The summed E-state index contributed by atoms with van der Waals surface area (Å²) in [6.45, 7) is -1.61. The van der Waals surface area contributed by atoms with Crippen molar-refractivity contribution in [3.8, 4) is 0 Å². The Balaban J connectivity index is 3.23. The number of hydrogen-bond acceptors (Lipinski definition) is 2. The molecule has 0 bridgehead atoms. The van der Waals surface area contributed by atoms with Gasteiger partial charge in [0.05, 0.1) is 11.6 Å². The maximum Gasteiger partial charge on any atom is 0.416 e. The van der Waals surface area contributed by atoms with Crippen LogP contribution in [-0.2, 0) is 6.18 Å². The van der Waals surface area contributed by atoms with Crippen molar-refractivity contribution in [2.75, 3.05) is 6.61 Å². The second kappa shape index (κ2) is 4.58. The first-order valence-corrected chi connectivity index (χ1v) is 4.60. The van der Waals surface area contributed by atoms with Crippen LogP contribution >= 0.6 is 0 Å². The van der Waals surface area contributed by atoms with Crippen LogP contribution in [0.2, 0.25) is 0 Å². The number of hydrogen-bond donors (Lipinski definition) is 2. The molecule has 1 aromatic carbocycles. The first-order valence-electron chi connectivity index (χ1n) is 4.60. The minimum absolute atomic E-state index is 0.669. The molecule has 1 aromatic rings. The zero-order chi connectivity index (χ0) is 13.3. The summed E-state index contributed by atoms with van der Waals surface area (Å²) in [7, 11) is 0. The number of nitrogens with two attached hydrogens (primary N) is 1. The second-order valence-electron chi connectivity index (χ2n) is 3.48. The molecule has 0 aromatic heterocycles. The zero-order valence-electron chi connectivity index (χ0n) is 8.51. The Morgan fingerprint density at radius 2 is 1.65 bits per heavy atom. The molecule has 0 saturated carbocycles. The van der Waals surface area contributed by atoms with E-state index in [1.807, 2.05) is 0 Å². The lowest BCUT2D eigenvalue weighted by Crippen LogP contribution is -2.37. The van der Waals surface area contributed by atoms with Gasteiger partial charge >= 0.3 is 6.18 Å². The smallest absolute Gasteiger partial charge is 0.390 e. The van der Waals surface area contributed by atoms with Crippen LogP contribution in [0.15, 0.2) is 24.3 Å². The molecule has 0 aliphatic carbocycles. The van der Waals surface area contributed by atoms with Crippen LogP contribution in [0.5, 0.6) is 0 Å². The minimum Gasteiger partial charge on any atom is -0.390 e. The van der Waals surface area contributed by atoms with Crippen molar-refractivity contribution in [3.63, 3.8) is 0 Å². The number of aliphatic hydroxyl groups is 1. The Morgan fingerprint density at radius 1 is 1.12 bits per heavy atom. The third-order valence-corrected chi connectivity index (χ3v) is 2.27. The number of rotatable bonds is 3. The summed E-state index contributed by atoms with van der Waals surface area (Å²) < 4.78 is 63.7. The fourth-order valence-electron chi connectivity index (χ4n) is 1.35. The fourth-order valence-corrected chi connectivity index (χ4v) is 1.35. The molecule has 0 aliphatic heterocycles. The largest absolute Gasteiger partial charge is 0.416 e. The molecule has 0 fully saturated rings. The molecule has 2 nitrogen and oxygen atoms in total. The van der Waals surface area contributed by atoms with E-state index in [-0.39, 0.29) is 0 Å². The summed E-state index contributed by atoms with van der Waals surface area (Å²) in [4.78, 5) is 0. The van der Waals surface area contributed by atoms with Crippen LogP contribution in [-0.4, -0.2) is 17.6 Å². The molecule has 0 radical (unpaired) electrons.